The lowest BCUT2D eigenvalue weighted by molar-refractivity contribution is -0.132. The SMILES string of the molecule is COc1cccc(-c2noc(CN(C)C(=O)COc3ccc(F)cc3)n2)c1. The fourth-order valence-corrected chi connectivity index (χ4v) is 2.28. The van der Waals surface area contributed by atoms with Gasteiger partial charge in [-0.3, -0.25) is 4.79 Å². The van der Waals surface area contributed by atoms with Crippen molar-refractivity contribution in [2.75, 3.05) is 20.8 Å². The van der Waals surface area contributed by atoms with Crippen molar-refractivity contribution in [1.29, 1.82) is 0 Å². The van der Waals surface area contributed by atoms with E-state index in [1.54, 1.807) is 20.2 Å². The summed E-state index contributed by atoms with van der Waals surface area (Å²) in [5.74, 6) is 1.16. The molecular formula is C19H18FN3O4. The Balaban J connectivity index is 1.57. The van der Waals surface area contributed by atoms with E-state index in [4.69, 9.17) is 14.0 Å². The monoisotopic (exact) mass is 371 g/mol. The van der Waals surface area contributed by atoms with Gasteiger partial charge in [-0.25, -0.2) is 4.39 Å². The van der Waals surface area contributed by atoms with E-state index in [0.29, 0.717) is 23.2 Å². The number of halogens is 1. The summed E-state index contributed by atoms with van der Waals surface area (Å²) in [6.45, 7) is -0.0401. The number of methoxy groups -OCH3 is 1. The van der Waals surface area contributed by atoms with Crippen molar-refractivity contribution in [3.8, 4) is 22.9 Å². The van der Waals surface area contributed by atoms with Gasteiger partial charge in [0, 0.05) is 12.6 Å². The van der Waals surface area contributed by atoms with E-state index in [-0.39, 0.29) is 24.9 Å². The van der Waals surface area contributed by atoms with E-state index in [1.165, 1.54) is 29.2 Å². The zero-order valence-electron chi connectivity index (χ0n) is 14.9. The quantitative estimate of drug-likeness (QED) is 0.636. The van der Waals surface area contributed by atoms with Crippen LogP contribution in [0.3, 0.4) is 0 Å². The van der Waals surface area contributed by atoms with E-state index in [0.717, 1.165) is 5.56 Å². The lowest BCUT2D eigenvalue weighted by atomic mass is 10.2. The summed E-state index contributed by atoms with van der Waals surface area (Å²) < 4.78 is 28.6. The van der Waals surface area contributed by atoms with Gasteiger partial charge in [-0.15, -0.1) is 0 Å². The Morgan fingerprint density at radius 1 is 1.19 bits per heavy atom. The zero-order valence-corrected chi connectivity index (χ0v) is 14.9. The number of hydrogen-bond donors (Lipinski definition) is 0. The van der Waals surface area contributed by atoms with Crippen LogP contribution in [0.4, 0.5) is 4.39 Å². The molecule has 7 nitrogen and oxygen atoms in total. The minimum atomic E-state index is -0.367. The Morgan fingerprint density at radius 3 is 2.70 bits per heavy atom. The third-order valence-electron chi connectivity index (χ3n) is 3.77. The standard InChI is InChI=1S/C19H18FN3O4/c1-23(18(24)12-26-15-8-6-14(20)7-9-15)11-17-21-19(22-27-17)13-4-3-5-16(10-13)25-2/h3-10H,11-12H2,1-2H3. The molecule has 0 unspecified atom stereocenters. The molecule has 3 aromatic rings. The molecule has 0 fully saturated rings. The minimum Gasteiger partial charge on any atom is -0.497 e. The predicted molar refractivity (Wildman–Crippen MR) is 94.7 cm³/mol. The molecule has 1 amide bonds. The second-order valence-corrected chi connectivity index (χ2v) is 5.74. The number of ether oxygens (including phenoxy) is 2. The highest BCUT2D eigenvalue weighted by Crippen LogP contribution is 2.21. The van der Waals surface area contributed by atoms with Gasteiger partial charge in [0.05, 0.1) is 13.7 Å². The highest BCUT2D eigenvalue weighted by atomic mass is 19.1. The van der Waals surface area contributed by atoms with Gasteiger partial charge >= 0.3 is 0 Å². The second-order valence-electron chi connectivity index (χ2n) is 5.74. The fourth-order valence-electron chi connectivity index (χ4n) is 2.28. The summed E-state index contributed by atoms with van der Waals surface area (Å²) in [5.41, 5.74) is 0.748. The normalized spacial score (nSPS) is 10.5. The van der Waals surface area contributed by atoms with Gasteiger partial charge in [-0.05, 0) is 36.4 Å². The van der Waals surface area contributed by atoms with Crippen LogP contribution in [0.2, 0.25) is 0 Å². The molecule has 0 saturated heterocycles. The first-order valence-corrected chi connectivity index (χ1v) is 8.14. The Kier molecular flexibility index (Phi) is 5.65. The van der Waals surface area contributed by atoms with E-state index < -0.39 is 0 Å². The molecule has 0 spiro atoms. The summed E-state index contributed by atoms with van der Waals surface area (Å²) in [6.07, 6.45) is 0. The molecule has 0 aliphatic rings. The van der Waals surface area contributed by atoms with Crippen LogP contribution in [0, 0.1) is 5.82 Å². The first-order chi connectivity index (χ1) is 13.0. The van der Waals surface area contributed by atoms with Crippen molar-refractivity contribution in [3.63, 3.8) is 0 Å². The zero-order chi connectivity index (χ0) is 19.2. The molecule has 0 bridgehead atoms. The Bertz CT molecular complexity index is 911. The highest BCUT2D eigenvalue weighted by molar-refractivity contribution is 5.77. The van der Waals surface area contributed by atoms with Crippen LogP contribution in [0.1, 0.15) is 5.89 Å². The number of likely N-dealkylation sites (N-methyl/N-ethyl adjacent to an activating group) is 1. The van der Waals surface area contributed by atoms with Crippen molar-refractivity contribution < 1.29 is 23.2 Å². The first-order valence-electron chi connectivity index (χ1n) is 8.14. The van der Waals surface area contributed by atoms with E-state index >= 15 is 0 Å². The summed E-state index contributed by atoms with van der Waals surface area (Å²) in [5, 5.41) is 3.93. The number of carbonyl (C=O) groups excluding carboxylic acids is 1. The number of amides is 1. The minimum absolute atomic E-state index is 0.141. The molecule has 0 aliphatic carbocycles. The van der Waals surface area contributed by atoms with Crippen molar-refractivity contribution in [2.45, 2.75) is 6.54 Å². The predicted octanol–water partition coefficient (Wildman–Crippen LogP) is 2.92. The van der Waals surface area contributed by atoms with Crippen LogP contribution >= 0.6 is 0 Å². The number of carbonyl (C=O) groups is 1. The molecule has 3 rings (SSSR count). The van der Waals surface area contributed by atoms with Crippen LogP contribution in [-0.2, 0) is 11.3 Å². The molecular weight excluding hydrogens is 353 g/mol. The molecule has 1 heterocycles. The average molecular weight is 371 g/mol. The maximum absolute atomic E-state index is 12.9. The first kappa shape index (κ1) is 18.4. The third-order valence-corrected chi connectivity index (χ3v) is 3.77. The van der Waals surface area contributed by atoms with Crippen molar-refractivity contribution in [3.05, 3.63) is 60.2 Å². The molecule has 1 aromatic heterocycles. The summed E-state index contributed by atoms with van der Waals surface area (Å²) >= 11 is 0. The fraction of sp³-hybridized carbons (Fsp3) is 0.211. The van der Waals surface area contributed by atoms with E-state index in [1.807, 2.05) is 18.2 Å². The molecule has 140 valence electrons. The van der Waals surface area contributed by atoms with Gasteiger partial charge in [-0.2, -0.15) is 4.98 Å². The maximum Gasteiger partial charge on any atom is 0.260 e. The van der Waals surface area contributed by atoms with Gasteiger partial charge in [0.1, 0.15) is 17.3 Å². The van der Waals surface area contributed by atoms with Gasteiger partial charge in [0.25, 0.3) is 5.91 Å². The van der Waals surface area contributed by atoms with Crippen molar-refractivity contribution in [2.24, 2.45) is 0 Å². The molecule has 0 saturated carbocycles. The molecule has 27 heavy (non-hydrogen) atoms. The van der Waals surface area contributed by atoms with Crippen molar-refractivity contribution >= 4 is 5.91 Å². The van der Waals surface area contributed by atoms with Gasteiger partial charge in [0.15, 0.2) is 6.61 Å². The van der Waals surface area contributed by atoms with Crippen molar-refractivity contribution in [1.82, 2.24) is 15.0 Å². The molecule has 0 aliphatic heterocycles. The van der Waals surface area contributed by atoms with E-state index in [9.17, 15) is 9.18 Å². The maximum atomic E-state index is 12.9. The second kappa shape index (κ2) is 8.31. The lowest BCUT2D eigenvalue weighted by Crippen LogP contribution is -2.31. The number of nitrogens with zero attached hydrogens (tertiary/aromatic N) is 3. The van der Waals surface area contributed by atoms with Gasteiger partial charge < -0.3 is 18.9 Å². The number of aromatic nitrogens is 2. The largest absolute Gasteiger partial charge is 0.497 e. The summed E-state index contributed by atoms with van der Waals surface area (Å²) in [7, 11) is 3.18. The van der Waals surface area contributed by atoms with Crippen LogP contribution in [0.15, 0.2) is 53.1 Å². The van der Waals surface area contributed by atoms with E-state index in [2.05, 4.69) is 10.1 Å². The third kappa shape index (κ3) is 4.81. The van der Waals surface area contributed by atoms with Crippen LogP contribution in [0.5, 0.6) is 11.5 Å². The Labute approximate surface area is 155 Å². The van der Waals surface area contributed by atoms with Gasteiger partial charge in [-0.1, -0.05) is 17.3 Å². The topological polar surface area (TPSA) is 77.7 Å². The summed E-state index contributed by atoms with van der Waals surface area (Å²) in [4.78, 5) is 17.9. The Morgan fingerprint density at radius 2 is 1.96 bits per heavy atom. The van der Waals surface area contributed by atoms with Crippen LogP contribution < -0.4 is 9.47 Å². The van der Waals surface area contributed by atoms with Crippen LogP contribution in [-0.4, -0.2) is 41.7 Å². The molecule has 0 atom stereocenters. The summed E-state index contributed by atoms with van der Waals surface area (Å²) in [6, 6.07) is 12.7. The van der Waals surface area contributed by atoms with Crippen LogP contribution in [0.25, 0.3) is 11.4 Å². The highest BCUT2D eigenvalue weighted by Gasteiger charge is 2.15. The number of hydrogen-bond acceptors (Lipinski definition) is 6. The molecule has 8 heteroatoms. The number of rotatable bonds is 7. The number of benzene rings is 2. The average Bonchev–Trinajstić information content (AvgIpc) is 3.15. The van der Waals surface area contributed by atoms with Gasteiger partial charge in [0.2, 0.25) is 11.7 Å². The smallest absolute Gasteiger partial charge is 0.260 e. The molecule has 0 N–H and O–H groups in total. The Hall–Kier alpha value is -3.42. The molecule has 0 radical (unpaired) electrons. The molecule has 2 aromatic carbocycles. The lowest BCUT2D eigenvalue weighted by Gasteiger charge is -2.15.